The second kappa shape index (κ2) is 14.6. The normalized spacial score (nSPS) is 35.2. The zero-order valence-corrected chi connectivity index (χ0v) is 28.7. The predicted molar refractivity (Wildman–Crippen MR) is 174 cm³/mol. The number of esters is 2. The molecule has 4 aliphatic carbocycles. The Balaban J connectivity index is 1.57. The number of carbonyl (C=O) groups is 5. The van der Waals surface area contributed by atoms with Crippen LogP contribution in [0.1, 0.15) is 125 Å². The van der Waals surface area contributed by atoms with E-state index in [0.717, 1.165) is 24.8 Å². The lowest BCUT2D eigenvalue weighted by atomic mass is 9.46. The largest absolute Gasteiger partial charge is 0.457 e. The number of ether oxygens (including phenoxy) is 2. The number of halogens is 1. The summed E-state index contributed by atoms with van der Waals surface area (Å²) >= 11 is 7.12. The Hall–Kier alpha value is -2.28. The van der Waals surface area contributed by atoms with Crippen molar-refractivity contribution in [3.63, 3.8) is 0 Å². The number of allylic oxidation sites excluding steroid dienone is 4. The van der Waals surface area contributed by atoms with Gasteiger partial charge >= 0.3 is 11.9 Å². The van der Waals surface area contributed by atoms with Crippen LogP contribution in [0.25, 0.3) is 0 Å². The van der Waals surface area contributed by atoms with E-state index >= 15 is 0 Å². The Morgan fingerprint density at radius 2 is 1.60 bits per heavy atom. The van der Waals surface area contributed by atoms with E-state index in [1.165, 1.54) is 38.2 Å². The van der Waals surface area contributed by atoms with Crippen molar-refractivity contribution in [2.24, 2.45) is 34.5 Å². The number of hydrogen-bond donors (Lipinski definition) is 0. The van der Waals surface area contributed by atoms with Crippen LogP contribution in [0.2, 0.25) is 0 Å². The van der Waals surface area contributed by atoms with E-state index in [2.05, 4.69) is 6.92 Å². The number of fused-ring (bicyclic) bond motifs is 5. The van der Waals surface area contributed by atoms with Gasteiger partial charge in [0.25, 0.3) is 0 Å². The van der Waals surface area contributed by atoms with Crippen LogP contribution in [0.3, 0.4) is 0 Å². The SMILES string of the molecule is CCCCCCCCCCCC(=O)O[C@]1(C(=O)COC(=O)CC)C(C)C[C@H]2[C@@H]3C(Cl)CC4=CC(=O)C=C[C@]4(C)[C@H]3C(=O)C[C@@]21C. The number of ketones is 3. The zero-order valence-electron chi connectivity index (χ0n) is 28.0. The van der Waals surface area contributed by atoms with E-state index < -0.39 is 58.0 Å². The Morgan fingerprint density at radius 1 is 0.956 bits per heavy atom. The number of hydrogen-bond acceptors (Lipinski definition) is 7. The highest BCUT2D eigenvalue weighted by Crippen LogP contribution is 2.69. The molecule has 0 amide bonds. The topological polar surface area (TPSA) is 104 Å². The molecule has 8 atom stereocenters. The lowest BCUT2D eigenvalue weighted by Gasteiger charge is -2.58. The fraction of sp³-hybridized carbons (Fsp3) is 0.757. The first-order valence-corrected chi connectivity index (χ1v) is 17.8. The molecular weight excluding hydrogens is 592 g/mol. The highest BCUT2D eigenvalue weighted by Gasteiger charge is 2.74. The van der Waals surface area contributed by atoms with Gasteiger partial charge in [0.05, 0.1) is 0 Å². The number of Topliss-reactive ketones (excluding diaryl/α,β-unsaturated/α-hetero) is 2. The van der Waals surface area contributed by atoms with Crippen LogP contribution in [0.4, 0.5) is 0 Å². The van der Waals surface area contributed by atoms with Crippen LogP contribution in [0, 0.1) is 34.5 Å². The molecule has 0 N–H and O–H groups in total. The number of alkyl halides is 1. The minimum atomic E-state index is -1.62. The average Bonchev–Trinajstić information content (AvgIpc) is 3.21. The number of unbranched alkanes of at least 4 members (excludes halogenated alkanes) is 8. The van der Waals surface area contributed by atoms with E-state index in [1.807, 2.05) is 26.8 Å². The van der Waals surface area contributed by atoms with Crippen molar-refractivity contribution in [2.75, 3.05) is 6.61 Å². The molecule has 3 fully saturated rings. The highest BCUT2D eigenvalue weighted by atomic mass is 35.5. The molecule has 7 nitrogen and oxygen atoms in total. The van der Waals surface area contributed by atoms with Crippen LogP contribution in [0.15, 0.2) is 23.8 Å². The first kappa shape index (κ1) is 35.6. The molecule has 45 heavy (non-hydrogen) atoms. The van der Waals surface area contributed by atoms with Crippen molar-refractivity contribution < 1.29 is 33.4 Å². The average molecular weight is 645 g/mol. The molecule has 0 spiro atoms. The van der Waals surface area contributed by atoms with Gasteiger partial charge in [-0.05, 0) is 43.3 Å². The molecule has 3 saturated carbocycles. The van der Waals surface area contributed by atoms with Gasteiger partial charge in [-0.25, -0.2) is 0 Å². The van der Waals surface area contributed by atoms with E-state index in [0.29, 0.717) is 19.3 Å². The monoisotopic (exact) mass is 644 g/mol. The highest BCUT2D eigenvalue weighted by molar-refractivity contribution is 6.21. The Bertz CT molecular complexity index is 1220. The lowest BCUT2D eigenvalue weighted by molar-refractivity contribution is -0.197. The summed E-state index contributed by atoms with van der Waals surface area (Å²) in [7, 11) is 0. The quantitative estimate of drug-likeness (QED) is 0.102. The van der Waals surface area contributed by atoms with Crippen molar-refractivity contribution in [3.05, 3.63) is 23.8 Å². The van der Waals surface area contributed by atoms with Crippen LogP contribution in [-0.4, -0.2) is 46.9 Å². The van der Waals surface area contributed by atoms with Crippen molar-refractivity contribution in [3.8, 4) is 0 Å². The van der Waals surface area contributed by atoms with Crippen molar-refractivity contribution in [1.82, 2.24) is 0 Å². The van der Waals surface area contributed by atoms with Gasteiger partial charge in [-0.3, -0.25) is 24.0 Å². The maximum absolute atomic E-state index is 14.3. The molecule has 0 aromatic heterocycles. The molecule has 2 unspecified atom stereocenters. The van der Waals surface area contributed by atoms with Crippen LogP contribution in [-0.2, 0) is 33.4 Å². The summed E-state index contributed by atoms with van der Waals surface area (Å²) in [4.78, 5) is 66.4. The van der Waals surface area contributed by atoms with Crippen molar-refractivity contribution in [2.45, 2.75) is 135 Å². The van der Waals surface area contributed by atoms with Crippen LogP contribution >= 0.6 is 11.6 Å². The van der Waals surface area contributed by atoms with E-state index in [1.54, 1.807) is 13.0 Å². The summed E-state index contributed by atoms with van der Waals surface area (Å²) in [5, 5.41) is -0.420. The fourth-order valence-corrected chi connectivity index (χ4v) is 9.79. The molecule has 0 bridgehead atoms. The molecule has 0 radical (unpaired) electrons. The smallest absolute Gasteiger partial charge is 0.306 e. The second-order valence-electron chi connectivity index (χ2n) is 14.5. The maximum atomic E-state index is 14.3. The second-order valence-corrected chi connectivity index (χ2v) is 15.1. The Labute approximate surface area is 274 Å². The fourth-order valence-electron chi connectivity index (χ4n) is 9.30. The van der Waals surface area contributed by atoms with Crippen LogP contribution in [0.5, 0.6) is 0 Å². The van der Waals surface area contributed by atoms with Crippen LogP contribution < -0.4 is 0 Å². The molecule has 4 rings (SSSR count). The van der Waals surface area contributed by atoms with Crippen molar-refractivity contribution in [1.29, 1.82) is 0 Å². The summed E-state index contributed by atoms with van der Waals surface area (Å²) in [5.74, 6) is -2.88. The van der Waals surface area contributed by atoms with Gasteiger partial charge in [0.2, 0.25) is 5.78 Å². The number of carbonyl (C=O) groups excluding carboxylic acids is 5. The molecule has 4 aliphatic rings. The van der Waals surface area contributed by atoms with Gasteiger partial charge < -0.3 is 9.47 Å². The predicted octanol–water partition coefficient (Wildman–Crippen LogP) is 7.66. The summed E-state index contributed by atoms with van der Waals surface area (Å²) < 4.78 is 11.7. The molecular formula is C37H53ClO7. The third kappa shape index (κ3) is 6.75. The summed E-state index contributed by atoms with van der Waals surface area (Å²) in [5.41, 5.74) is -2.40. The van der Waals surface area contributed by atoms with E-state index in [-0.39, 0.29) is 42.7 Å². The minimum absolute atomic E-state index is 0.0379. The van der Waals surface area contributed by atoms with Gasteiger partial charge in [-0.15, -0.1) is 11.6 Å². The van der Waals surface area contributed by atoms with E-state index in [4.69, 9.17) is 21.1 Å². The van der Waals surface area contributed by atoms with Gasteiger partial charge in [0.1, 0.15) is 5.78 Å². The van der Waals surface area contributed by atoms with Gasteiger partial charge in [-0.1, -0.05) is 97.6 Å². The Morgan fingerprint density at radius 3 is 2.24 bits per heavy atom. The molecule has 0 saturated heterocycles. The van der Waals surface area contributed by atoms with Gasteiger partial charge in [0.15, 0.2) is 18.0 Å². The summed E-state index contributed by atoms with van der Waals surface area (Å²) in [6.45, 7) is 9.18. The first-order chi connectivity index (χ1) is 21.4. The molecule has 0 aliphatic heterocycles. The number of rotatable bonds is 15. The van der Waals surface area contributed by atoms with E-state index in [9.17, 15) is 24.0 Å². The third-order valence-corrected chi connectivity index (χ3v) is 12.1. The minimum Gasteiger partial charge on any atom is -0.457 e. The van der Waals surface area contributed by atoms with Gasteiger partial charge in [-0.2, -0.15) is 0 Å². The maximum Gasteiger partial charge on any atom is 0.306 e. The third-order valence-electron chi connectivity index (χ3n) is 11.6. The summed E-state index contributed by atoms with van der Waals surface area (Å²) in [6, 6.07) is 0. The molecule has 0 aromatic rings. The first-order valence-electron chi connectivity index (χ1n) is 17.4. The molecule has 250 valence electrons. The lowest BCUT2D eigenvalue weighted by Crippen LogP contribution is -2.64. The zero-order chi connectivity index (χ0) is 33.0. The molecule has 0 heterocycles. The Kier molecular flexibility index (Phi) is 11.6. The standard InChI is InChI=1S/C37H53ClO7/c1-6-8-9-10-11-12-13-14-15-16-32(43)45-37(30(41)23-44-31(42)7-2)24(3)19-27-33-28(38)21-25-20-26(39)17-18-35(25,4)34(33)29(40)22-36(27,37)5/h17-18,20,24,27-28,33-34H,6-16,19,21-23H2,1-5H3/t24?,27-,28?,33+,34-,35-,36-,37-/m0/s1. The van der Waals surface area contributed by atoms with Crippen molar-refractivity contribution >= 4 is 40.9 Å². The molecule has 8 heteroatoms. The van der Waals surface area contributed by atoms with Gasteiger partial charge in [0, 0.05) is 47.3 Å². The molecule has 0 aromatic carbocycles. The summed E-state index contributed by atoms with van der Waals surface area (Å²) in [6.07, 6.45) is 16.4.